The van der Waals surface area contributed by atoms with Crippen LogP contribution in [0.15, 0.2) is 48.5 Å². The molecule has 1 aliphatic heterocycles. The lowest BCUT2D eigenvalue weighted by Gasteiger charge is -2.23. The van der Waals surface area contributed by atoms with Crippen LogP contribution in [0.25, 0.3) is 0 Å². The zero-order valence-electron chi connectivity index (χ0n) is 14.0. The van der Waals surface area contributed by atoms with Crippen LogP contribution >= 0.6 is 0 Å². The lowest BCUT2D eigenvalue weighted by Crippen LogP contribution is -2.31. The van der Waals surface area contributed by atoms with E-state index < -0.39 is 0 Å². The first kappa shape index (κ1) is 16.2. The zero-order chi connectivity index (χ0) is 16.9. The standard InChI is InChI=1S/C19H22N2O3/c1-23-16-7-3-14(4-8-16)11-12-21-18(13-20-19(21)22)15-5-9-17(24-2)10-6-15/h3-10,18H,11-13H2,1-2H3,(H,20,22). The van der Waals surface area contributed by atoms with Gasteiger partial charge in [0.25, 0.3) is 0 Å². The van der Waals surface area contributed by atoms with Gasteiger partial charge in [-0.1, -0.05) is 24.3 Å². The van der Waals surface area contributed by atoms with Gasteiger partial charge in [0.1, 0.15) is 11.5 Å². The minimum Gasteiger partial charge on any atom is -0.497 e. The number of benzene rings is 2. The van der Waals surface area contributed by atoms with E-state index >= 15 is 0 Å². The highest BCUT2D eigenvalue weighted by atomic mass is 16.5. The number of urea groups is 1. The van der Waals surface area contributed by atoms with Gasteiger partial charge in [0.05, 0.1) is 20.3 Å². The third-order valence-electron chi connectivity index (χ3n) is 4.38. The van der Waals surface area contributed by atoms with Crippen molar-refractivity contribution in [2.75, 3.05) is 27.3 Å². The summed E-state index contributed by atoms with van der Waals surface area (Å²) in [7, 11) is 3.31. The van der Waals surface area contributed by atoms with E-state index in [-0.39, 0.29) is 12.1 Å². The van der Waals surface area contributed by atoms with Crippen molar-refractivity contribution in [2.24, 2.45) is 0 Å². The third-order valence-corrected chi connectivity index (χ3v) is 4.38. The molecule has 1 N–H and O–H groups in total. The lowest BCUT2D eigenvalue weighted by atomic mass is 10.1. The second-order valence-corrected chi connectivity index (χ2v) is 5.77. The Kier molecular flexibility index (Phi) is 4.89. The molecule has 3 rings (SSSR count). The van der Waals surface area contributed by atoms with Crippen LogP contribution in [0, 0.1) is 0 Å². The van der Waals surface area contributed by atoms with Crippen molar-refractivity contribution < 1.29 is 14.3 Å². The van der Waals surface area contributed by atoms with Crippen molar-refractivity contribution in [2.45, 2.75) is 12.5 Å². The largest absolute Gasteiger partial charge is 0.497 e. The molecule has 1 fully saturated rings. The van der Waals surface area contributed by atoms with Gasteiger partial charge in [0.15, 0.2) is 0 Å². The van der Waals surface area contributed by atoms with Crippen molar-refractivity contribution in [1.82, 2.24) is 10.2 Å². The number of rotatable bonds is 6. The molecule has 0 bridgehead atoms. The van der Waals surface area contributed by atoms with Crippen molar-refractivity contribution in [1.29, 1.82) is 0 Å². The quantitative estimate of drug-likeness (QED) is 0.888. The lowest BCUT2D eigenvalue weighted by molar-refractivity contribution is 0.205. The van der Waals surface area contributed by atoms with Crippen molar-refractivity contribution in [3.63, 3.8) is 0 Å². The van der Waals surface area contributed by atoms with E-state index in [0.717, 1.165) is 23.5 Å². The average Bonchev–Trinajstić information content (AvgIpc) is 3.01. The fourth-order valence-corrected chi connectivity index (χ4v) is 2.96. The van der Waals surface area contributed by atoms with Gasteiger partial charge in [0, 0.05) is 13.1 Å². The zero-order valence-corrected chi connectivity index (χ0v) is 14.0. The van der Waals surface area contributed by atoms with Gasteiger partial charge in [-0.3, -0.25) is 0 Å². The molecule has 2 aromatic carbocycles. The van der Waals surface area contributed by atoms with Crippen LogP contribution in [0.1, 0.15) is 17.2 Å². The molecule has 1 unspecified atom stereocenters. The highest BCUT2D eigenvalue weighted by Crippen LogP contribution is 2.26. The molecule has 0 aliphatic carbocycles. The SMILES string of the molecule is COc1ccc(CCN2C(=O)NCC2c2ccc(OC)cc2)cc1. The monoisotopic (exact) mass is 326 g/mol. The molecular weight excluding hydrogens is 304 g/mol. The molecule has 0 spiro atoms. The molecule has 0 radical (unpaired) electrons. The first-order chi connectivity index (χ1) is 11.7. The molecule has 1 aliphatic rings. The molecule has 2 amide bonds. The molecule has 1 heterocycles. The Labute approximate surface area is 142 Å². The second-order valence-electron chi connectivity index (χ2n) is 5.77. The van der Waals surface area contributed by atoms with Crippen molar-refractivity contribution >= 4 is 6.03 Å². The van der Waals surface area contributed by atoms with E-state index in [4.69, 9.17) is 9.47 Å². The fraction of sp³-hybridized carbons (Fsp3) is 0.316. The summed E-state index contributed by atoms with van der Waals surface area (Å²) in [6.45, 7) is 1.31. The molecule has 1 atom stereocenters. The minimum atomic E-state index is -0.00988. The Bertz CT molecular complexity index is 683. The van der Waals surface area contributed by atoms with E-state index in [9.17, 15) is 4.79 Å². The van der Waals surface area contributed by atoms with E-state index in [1.54, 1.807) is 14.2 Å². The third kappa shape index (κ3) is 3.45. The normalized spacial score (nSPS) is 16.8. The number of carbonyl (C=O) groups is 1. The second kappa shape index (κ2) is 7.25. The van der Waals surface area contributed by atoms with Gasteiger partial charge in [-0.2, -0.15) is 0 Å². The maximum atomic E-state index is 12.2. The Morgan fingerprint density at radius 3 is 2.17 bits per heavy atom. The minimum absolute atomic E-state index is 0.00988. The number of amides is 2. The number of hydrogen-bond acceptors (Lipinski definition) is 3. The summed E-state index contributed by atoms with van der Waals surface area (Å²) < 4.78 is 10.4. The smallest absolute Gasteiger partial charge is 0.318 e. The molecular formula is C19H22N2O3. The molecule has 0 saturated carbocycles. The Hall–Kier alpha value is -2.69. The Balaban J connectivity index is 1.68. The van der Waals surface area contributed by atoms with Gasteiger partial charge < -0.3 is 19.7 Å². The summed E-state index contributed by atoms with van der Waals surface area (Å²) in [5, 5.41) is 2.94. The van der Waals surface area contributed by atoms with E-state index in [0.29, 0.717) is 13.1 Å². The molecule has 0 aromatic heterocycles. The first-order valence-electron chi connectivity index (χ1n) is 8.02. The molecule has 2 aromatic rings. The fourth-order valence-electron chi connectivity index (χ4n) is 2.96. The van der Waals surface area contributed by atoms with Crippen LogP contribution in [-0.4, -0.2) is 38.2 Å². The predicted octanol–water partition coefficient (Wildman–Crippen LogP) is 3.01. The van der Waals surface area contributed by atoms with Gasteiger partial charge in [-0.05, 0) is 41.8 Å². The maximum Gasteiger partial charge on any atom is 0.318 e. The summed E-state index contributed by atoms with van der Waals surface area (Å²) >= 11 is 0. The number of hydrogen-bond donors (Lipinski definition) is 1. The molecule has 126 valence electrons. The highest BCUT2D eigenvalue weighted by molar-refractivity contribution is 5.77. The van der Waals surface area contributed by atoms with Crippen LogP contribution in [0.2, 0.25) is 0 Å². The van der Waals surface area contributed by atoms with Gasteiger partial charge in [-0.25, -0.2) is 4.79 Å². The van der Waals surface area contributed by atoms with Crippen molar-refractivity contribution in [3.05, 3.63) is 59.7 Å². The molecule has 5 heteroatoms. The highest BCUT2D eigenvalue weighted by Gasteiger charge is 2.31. The van der Waals surface area contributed by atoms with E-state index in [2.05, 4.69) is 5.32 Å². The van der Waals surface area contributed by atoms with Crippen molar-refractivity contribution in [3.8, 4) is 11.5 Å². The van der Waals surface area contributed by atoms with E-state index in [1.807, 2.05) is 53.4 Å². The van der Waals surface area contributed by atoms with Crippen LogP contribution in [-0.2, 0) is 6.42 Å². The number of nitrogens with zero attached hydrogens (tertiary/aromatic N) is 1. The predicted molar refractivity (Wildman–Crippen MR) is 92.5 cm³/mol. The molecule has 24 heavy (non-hydrogen) atoms. The van der Waals surface area contributed by atoms with Gasteiger partial charge in [0.2, 0.25) is 0 Å². The number of ether oxygens (including phenoxy) is 2. The van der Waals surface area contributed by atoms with Gasteiger partial charge in [-0.15, -0.1) is 0 Å². The summed E-state index contributed by atoms with van der Waals surface area (Å²) in [6, 6.07) is 15.9. The first-order valence-corrected chi connectivity index (χ1v) is 8.02. The van der Waals surface area contributed by atoms with Crippen LogP contribution in [0.5, 0.6) is 11.5 Å². The van der Waals surface area contributed by atoms with Crippen LogP contribution in [0.4, 0.5) is 4.79 Å². The summed E-state index contributed by atoms with van der Waals surface area (Å²) in [4.78, 5) is 14.1. The summed E-state index contributed by atoms with van der Waals surface area (Å²) in [6.07, 6.45) is 0.810. The molecule has 5 nitrogen and oxygen atoms in total. The maximum absolute atomic E-state index is 12.2. The topological polar surface area (TPSA) is 50.8 Å². The van der Waals surface area contributed by atoms with Crippen LogP contribution in [0.3, 0.4) is 0 Å². The van der Waals surface area contributed by atoms with Crippen LogP contribution < -0.4 is 14.8 Å². The Morgan fingerprint density at radius 2 is 1.58 bits per heavy atom. The number of nitrogens with one attached hydrogen (secondary N) is 1. The number of carbonyl (C=O) groups excluding carboxylic acids is 1. The van der Waals surface area contributed by atoms with Gasteiger partial charge >= 0.3 is 6.03 Å². The average molecular weight is 326 g/mol. The number of methoxy groups -OCH3 is 2. The molecule has 1 saturated heterocycles. The summed E-state index contributed by atoms with van der Waals surface area (Å²) in [5.41, 5.74) is 2.30. The van der Waals surface area contributed by atoms with E-state index in [1.165, 1.54) is 5.56 Å². The Morgan fingerprint density at radius 1 is 1.00 bits per heavy atom. The summed E-state index contributed by atoms with van der Waals surface area (Å²) in [5.74, 6) is 1.66.